The average molecular weight is 641 g/mol. The number of para-hydroxylation sites is 4. The van der Waals surface area contributed by atoms with Crippen LogP contribution in [0.4, 0.5) is 34.1 Å². The van der Waals surface area contributed by atoms with Crippen molar-refractivity contribution in [3.8, 4) is 33.4 Å². The fourth-order valence-electron chi connectivity index (χ4n) is 6.61. The number of anilines is 6. The molecule has 0 fully saturated rings. The fourth-order valence-corrected chi connectivity index (χ4v) is 6.61. The van der Waals surface area contributed by atoms with Crippen LogP contribution >= 0.6 is 0 Å². The van der Waals surface area contributed by atoms with Crippen LogP contribution in [0.2, 0.25) is 0 Å². The molecule has 2 nitrogen and oxygen atoms in total. The molecule has 0 aliphatic carbocycles. The van der Waals surface area contributed by atoms with E-state index in [1.165, 1.54) is 11.1 Å². The summed E-state index contributed by atoms with van der Waals surface area (Å²) in [5, 5.41) is 0. The summed E-state index contributed by atoms with van der Waals surface area (Å²) < 4.78 is 0. The van der Waals surface area contributed by atoms with E-state index in [0.717, 1.165) is 56.4 Å². The number of rotatable bonds is 9. The number of hydrogen-bond acceptors (Lipinski definition) is 2. The highest BCUT2D eigenvalue weighted by Gasteiger charge is 2.18. The first-order valence-electron chi connectivity index (χ1n) is 17.0. The molecular formula is C48H36N2. The molecule has 2 heteroatoms. The Morgan fingerprint density at radius 2 is 0.400 bits per heavy atom. The Labute approximate surface area is 294 Å². The van der Waals surface area contributed by atoms with E-state index in [-0.39, 0.29) is 0 Å². The minimum absolute atomic E-state index is 1.09. The average Bonchev–Trinajstić information content (AvgIpc) is 3.20. The monoisotopic (exact) mass is 640 g/mol. The zero-order valence-corrected chi connectivity index (χ0v) is 27.7. The first-order valence-corrected chi connectivity index (χ1v) is 17.0. The lowest BCUT2D eigenvalue weighted by Gasteiger charge is -2.28. The second-order valence-electron chi connectivity index (χ2n) is 12.3. The summed E-state index contributed by atoms with van der Waals surface area (Å²) in [7, 11) is 0. The molecule has 0 amide bonds. The van der Waals surface area contributed by atoms with Gasteiger partial charge in [-0.2, -0.15) is 0 Å². The summed E-state index contributed by atoms with van der Waals surface area (Å²) in [6.45, 7) is 0. The predicted octanol–water partition coefficient (Wildman–Crippen LogP) is 13.6. The van der Waals surface area contributed by atoms with Gasteiger partial charge < -0.3 is 9.80 Å². The molecule has 0 N–H and O–H groups in total. The van der Waals surface area contributed by atoms with E-state index in [1.807, 2.05) is 0 Å². The summed E-state index contributed by atoms with van der Waals surface area (Å²) in [4.78, 5) is 4.69. The second kappa shape index (κ2) is 14.2. The van der Waals surface area contributed by atoms with Crippen LogP contribution in [0, 0.1) is 0 Å². The molecule has 0 saturated heterocycles. The van der Waals surface area contributed by atoms with Gasteiger partial charge in [0.25, 0.3) is 0 Å². The number of hydrogen-bond donors (Lipinski definition) is 0. The van der Waals surface area contributed by atoms with Crippen molar-refractivity contribution in [2.45, 2.75) is 0 Å². The van der Waals surface area contributed by atoms with Crippen LogP contribution in [-0.4, -0.2) is 0 Å². The third kappa shape index (κ3) is 6.56. The third-order valence-electron chi connectivity index (χ3n) is 8.96. The number of benzene rings is 8. The van der Waals surface area contributed by atoms with Gasteiger partial charge in [0.1, 0.15) is 0 Å². The summed E-state index contributed by atoms with van der Waals surface area (Å²) in [6, 6.07) is 77.8. The molecule has 8 rings (SSSR count). The normalized spacial score (nSPS) is 10.8. The molecule has 0 aromatic heterocycles. The van der Waals surface area contributed by atoms with Crippen molar-refractivity contribution in [2.24, 2.45) is 0 Å². The Morgan fingerprint density at radius 3 is 0.660 bits per heavy atom. The predicted molar refractivity (Wildman–Crippen MR) is 212 cm³/mol. The lowest BCUT2D eigenvalue weighted by Crippen LogP contribution is -2.11. The minimum atomic E-state index is 1.09. The fraction of sp³-hybridized carbons (Fsp3) is 0. The van der Waals surface area contributed by atoms with E-state index in [0.29, 0.717) is 0 Å². The second-order valence-corrected chi connectivity index (χ2v) is 12.3. The van der Waals surface area contributed by atoms with Crippen LogP contribution in [0.5, 0.6) is 0 Å². The molecule has 0 heterocycles. The molecule has 0 unspecified atom stereocenters. The van der Waals surface area contributed by atoms with Gasteiger partial charge in [0.15, 0.2) is 0 Å². The van der Waals surface area contributed by atoms with Crippen molar-refractivity contribution in [3.63, 3.8) is 0 Å². The Hall–Kier alpha value is -6.64. The Kier molecular flexibility index (Phi) is 8.73. The van der Waals surface area contributed by atoms with Crippen molar-refractivity contribution in [3.05, 3.63) is 218 Å². The summed E-state index contributed by atoms with van der Waals surface area (Å²) >= 11 is 0. The molecule has 50 heavy (non-hydrogen) atoms. The van der Waals surface area contributed by atoms with Crippen molar-refractivity contribution < 1.29 is 0 Å². The van der Waals surface area contributed by atoms with E-state index in [1.54, 1.807) is 0 Å². The van der Waals surface area contributed by atoms with Gasteiger partial charge >= 0.3 is 0 Å². The van der Waals surface area contributed by atoms with Crippen LogP contribution in [-0.2, 0) is 0 Å². The molecule has 0 saturated carbocycles. The van der Waals surface area contributed by atoms with E-state index >= 15 is 0 Å². The Morgan fingerprint density at radius 1 is 0.180 bits per heavy atom. The molecule has 0 bridgehead atoms. The van der Waals surface area contributed by atoms with Crippen molar-refractivity contribution in [1.82, 2.24) is 0 Å². The van der Waals surface area contributed by atoms with Crippen molar-refractivity contribution >= 4 is 34.1 Å². The minimum Gasteiger partial charge on any atom is -0.310 e. The Bertz CT molecular complexity index is 2040. The zero-order valence-electron chi connectivity index (χ0n) is 27.7. The van der Waals surface area contributed by atoms with Crippen LogP contribution < -0.4 is 9.80 Å². The standard InChI is InChI=1S/C48H36N2/c1-7-19-37(20-8-1)39-31-41(35-47(33-39)49(43-23-11-3-12-24-43)44-25-13-4-14-26-44)42-32-40(38-21-9-2-10-22-38)34-48(36-42)50(45-27-15-5-16-28-45)46-29-17-6-18-30-46/h1-36H. The molecule has 8 aromatic carbocycles. The molecule has 238 valence electrons. The maximum Gasteiger partial charge on any atom is 0.0473 e. The van der Waals surface area contributed by atoms with Crippen LogP contribution in [0.15, 0.2) is 218 Å². The highest BCUT2D eigenvalue weighted by atomic mass is 15.1. The highest BCUT2D eigenvalue weighted by molar-refractivity contribution is 5.89. The maximum absolute atomic E-state index is 2.35. The first-order chi connectivity index (χ1) is 24.8. The molecule has 0 aliphatic heterocycles. The lowest BCUT2D eigenvalue weighted by atomic mass is 9.94. The number of nitrogens with zero attached hydrogens (tertiary/aromatic N) is 2. The quantitative estimate of drug-likeness (QED) is 0.155. The molecule has 8 aromatic rings. The van der Waals surface area contributed by atoms with Gasteiger partial charge in [-0.15, -0.1) is 0 Å². The Balaban J connectivity index is 1.38. The van der Waals surface area contributed by atoms with Crippen LogP contribution in [0.1, 0.15) is 0 Å². The van der Waals surface area contributed by atoms with E-state index in [9.17, 15) is 0 Å². The van der Waals surface area contributed by atoms with Crippen molar-refractivity contribution in [1.29, 1.82) is 0 Å². The maximum atomic E-state index is 2.35. The topological polar surface area (TPSA) is 6.48 Å². The molecule has 0 spiro atoms. The summed E-state index contributed by atoms with van der Waals surface area (Å²) in [5.41, 5.74) is 13.5. The van der Waals surface area contributed by atoms with Gasteiger partial charge in [0, 0.05) is 34.1 Å². The van der Waals surface area contributed by atoms with Crippen molar-refractivity contribution in [2.75, 3.05) is 9.80 Å². The van der Waals surface area contributed by atoms with Crippen LogP contribution in [0.25, 0.3) is 33.4 Å². The SMILES string of the molecule is c1ccc(-c2cc(-c3cc(-c4ccccc4)cc(N(c4ccccc4)c4ccccc4)c3)cc(N(c3ccccc3)c3ccccc3)c2)cc1. The first kappa shape index (κ1) is 30.7. The molecule has 0 aliphatic rings. The van der Waals surface area contributed by atoms with Gasteiger partial charge in [-0.05, 0) is 118 Å². The van der Waals surface area contributed by atoms with Gasteiger partial charge in [-0.25, -0.2) is 0 Å². The lowest BCUT2D eigenvalue weighted by molar-refractivity contribution is 1.28. The zero-order chi connectivity index (χ0) is 33.5. The highest BCUT2D eigenvalue weighted by Crippen LogP contribution is 2.43. The van der Waals surface area contributed by atoms with E-state index in [2.05, 4.69) is 228 Å². The molecular weight excluding hydrogens is 605 g/mol. The largest absolute Gasteiger partial charge is 0.310 e. The van der Waals surface area contributed by atoms with E-state index in [4.69, 9.17) is 0 Å². The molecule has 0 atom stereocenters. The van der Waals surface area contributed by atoms with Crippen LogP contribution in [0.3, 0.4) is 0 Å². The van der Waals surface area contributed by atoms with Gasteiger partial charge in [-0.3, -0.25) is 0 Å². The van der Waals surface area contributed by atoms with Gasteiger partial charge in [0.2, 0.25) is 0 Å². The smallest absolute Gasteiger partial charge is 0.0473 e. The molecule has 0 radical (unpaired) electrons. The van der Waals surface area contributed by atoms with Gasteiger partial charge in [-0.1, -0.05) is 133 Å². The summed E-state index contributed by atoms with van der Waals surface area (Å²) in [6.07, 6.45) is 0. The van der Waals surface area contributed by atoms with E-state index < -0.39 is 0 Å². The summed E-state index contributed by atoms with van der Waals surface area (Å²) in [5.74, 6) is 0. The van der Waals surface area contributed by atoms with Gasteiger partial charge in [0.05, 0.1) is 0 Å². The third-order valence-corrected chi connectivity index (χ3v) is 8.96.